The van der Waals surface area contributed by atoms with Crippen LogP contribution in [0.25, 0.3) is 0 Å². The molecule has 0 spiro atoms. The Balaban J connectivity index is 1.99. The van der Waals surface area contributed by atoms with Gasteiger partial charge < -0.3 is 15.7 Å². The Morgan fingerprint density at radius 3 is 2.35 bits per heavy atom. The summed E-state index contributed by atoms with van der Waals surface area (Å²) in [5, 5.41) is 15.3. The van der Waals surface area contributed by atoms with E-state index in [-0.39, 0.29) is 6.42 Å². The summed E-state index contributed by atoms with van der Waals surface area (Å²) in [7, 11) is 0. The van der Waals surface area contributed by atoms with Crippen LogP contribution in [0, 0.1) is 0 Å². The highest BCUT2D eigenvalue weighted by Gasteiger charge is 2.20. The maximum atomic E-state index is 11.9. The highest BCUT2D eigenvalue weighted by molar-refractivity contribution is 6.31. The molecule has 7 heteroatoms. The van der Waals surface area contributed by atoms with E-state index >= 15 is 0 Å². The molecule has 1 unspecified atom stereocenters. The van der Waals surface area contributed by atoms with Crippen LogP contribution in [0.3, 0.4) is 0 Å². The lowest BCUT2D eigenvalue weighted by Gasteiger charge is -2.15. The van der Waals surface area contributed by atoms with E-state index in [0.29, 0.717) is 15.7 Å². The maximum absolute atomic E-state index is 11.9. The zero-order valence-electron chi connectivity index (χ0n) is 11.9. The van der Waals surface area contributed by atoms with Gasteiger partial charge in [0.1, 0.15) is 6.04 Å². The van der Waals surface area contributed by atoms with Gasteiger partial charge in [-0.1, -0.05) is 41.4 Å². The van der Waals surface area contributed by atoms with Gasteiger partial charge in [0.05, 0.1) is 0 Å². The lowest BCUT2D eigenvalue weighted by Crippen LogP contribution is -2.44. The summed E-state index contributed by atoms with van der Waals surface area (Å²) in [6.45, 7) is 0. The van der Waals surface area contributed by atoms with Crippen molar-refractivity contribution in [3.63, 3.8) is 0 Å². The second-order valence-electron chi connectivity index (χ2n) is 4.83. The first-order valence-corrected chi connectivity index (χ1v) is 7.50. The van der Waals surface area contributed by atoms with Crippen LogP contribution in [-0.4, -0.2) is 23.1 Å². The van der Waals surface area contributed by atoms with Gasteiger partial charge in [-0.3, -0.25) is 0 Å². The van der Waals surface area contributed by atoms with Gasteiger partial charge >= 0.3 is 12.0 Å². The van der Waals surface area contributed by atoms with E-state index in [1.165, 1.54) is 0 Å². The van der Waals surface area contributed by atoms with Gasteiger partial charge in [0, 0.05) is 22.2 Å². The number of carbonyl (C=O) groups excluding carboxylic acids is 1. The van der Waals surface area contributed by atoms with Gasteiger partial charge in [0.15, 0.2) is 0 Å². The fraction of sp³-hybridized carbons (Fsp3) is 0.125. The first kappa shape index (κ1) is 17.1. The third kappa shape index (κ3) is 5.47. The molecule has 120 valence electrons. The molecule has 0 saturated carbocycles. The molecule has 0 heterocycles. The van der Waals surface area contributed by atoms with E-state index in [9.17, 15) is 14.7 Å². The molecule has 23 heavy (non-hydrogen) atoms. The summed E-state index contributed by atoms with van der Waals surface area (Å²) in [5.74, 6) is -1.12. The number of carboxylic acids is 1. The number of urea groups is 1. The van der Waals surface area contributed by atoms with Crippen molar-refractivity contribution in [1.82, 2.24) is 5.32 Å². The Kier molecular flexibility index (Phi) is 5.84. The molecule has 1 atom stereocenters. The van der Waals surface area contributed by atoms with Crippen molar-refractivity contribution in [3.8, 4) is 0 Å². The fourth-order valence-electron chi connectivity index (χ4n) is 1.95. The summed E-state index contributed by atoms with van der Waals surface area (Å²) in [6.07, 6.45) is 0.148. The average Bonchev–Trinajstić information content (AvgIpc) is 2.48. The number of rotatable bonds is 5. The van der Waals surface area contributed by atoms with E-state index in [4.69, 9.17) is 23.2 Å². The molecule has 2 amide bonds. The van der Waals surface area contributed by atoms with Gasteiger partial charge in [0.25, 0.3) is 0 Å². The largest absolute Gasteiger partial charge is 0.480 e. The van der Waals surface area contributed by atoms with Gasteiger partial charge in [-0.15, -0.1) is 0 Å². The van der Waals surface area contributed by atoms with E-state index in [1.807, 2.05) is 0 Å². The van der Waals surface area contributed by atoms with Gasteiger partial charge in [-0.05, 0) is 35.9 Å². The van der Waals surface area contributed by atoms with Crippen molar-refractivity contribution < 1.29 is 14.7 Å². The molecule has 0 aliphatic heterocycles. The van der Waals surface area contributed by atoms with Crippen LogP contribution in [-0.2, 0) is 11.2 Å². The minimum atomic E-state index is -1.12. The predicted octanol–water partition coefficient (Wildman–Crippen LogP) is 3.81. The minimum Gasteiger partial charge on any atom is -0.480 e. The Labute approximate surface area is 143 Å². The van der Waals surface area contributed by atoms with Crippen LogP contribution in [0.2, 0.25) is 10.0 Å². The number of aliphatic carboxylic acids is 1. The topological polar surface area (TPSA) is 78.4 Å². The number of benzene rings is 2. The Bertz CT molecular complexity index is 705. The van der Waals surface area contributed by atoms with Gasteiger partial charge in [0.2, 0.25) is 0 Å². The van der Waals surface area contributed by atoms with Crippen molar-refractivity contribution in [2.75, 3.05) is 5.32 Å². The quantitative estimate of drug-likeness (QED) is 0.765. The molecule has 5 nitrogen and oxygen atoms in total. The molecule has 0 aromatic heterocycles. The molecule has 2 aromatic carbocycles. The third-order valence-electron chi connectivity index (χ3n) is 3.04. The van der Waals surface area contributed by atoms with Crippen LogP contribution < -0.4 is 10.6 Å². The molecule has 0 fully saturated rings. The van der Waals surface area contributed by atoms with Crippen molar-refractivity contribution in [3.05, 3.63) is 64.1 Å². The molecule has 0 saturated heterocycles. The maximum Gasteiger partial charge on any atom is 0.326 e. The minimum absolute atomic E-state index is 0.148. The SMILES string of the molecule is O=C(Nc1cccc(Cl)c1)NC(Cc1ccc(Cl)cc1)C(=O)O. The van der Waals surface area contributed by atoms with Crippen LogP contribution in [0.4, 0.5) is 10.5 Å². The number of hydrogen-bond acceptors (Lipinski definition) is 2. The highest BCUT2D eigenvalue weighted by Crippen LogP contribution is 2.15. The van der Waals surface area contributed by atoms with Crippen LogP contribution >= 0.6 is 23.2 Å². The number of hydrogen-bond donors (Lipinski definition) is 3. The molecule has 0 radical (unpaired) electrons. The average molecular weight is 353 g/mol. The van der Waals surface area contributed by atoms with Crippen LogP contribution in [0.15, 0.2) is 48.5 Å². The molecule has 0 aliphatic carbocycles. The number of halogens is 2. The second-order valence-corrected chi connectivity index (χ2v) is 5.70. The van der Waals surface area contributed by atoms with Crippen molar-refractivity contribution in [2.45, 2.75) is 12.5 Å². The number of carbonyl (C=O) groups is 2. The van der Waals surface area contributed by atoms with Crippen molar-refractivity contribution >= 4 is 40.9 Å². The van der Waals surface area contributed by atoms with Gasteiger partial charge in [-0.25, -0.2) is 9.59 Å². The number of anilines is 1. The van der Waals surface area contributed by atoms with E-state index in [0.717, 1.165) is 5.56 Å². The van der Waals surface area contributed by atoms with E-state index in [2.05, 4.69) is 10.6 Å². The molecule has 3 N–H and O–H groups in total. The van der Waals surface area contributed by atoms with Crippen LogP contribution in [0.5, 0.6) is 0 Å². The zero-order valence-corrected chi connectivity index (χ0v) is 13.4. The first-order valence-electron chi connectivity index (χ1n) is 6.74. The smallest absolute Gasteiger partial charge is 0.326 e. The molecule has 0 aliphatic rings. The van der Waals surface area contributed by atoms with Crippen molar-refractivity contribution in [2.24, 2.45) is 0 Å². The Morgan fingerprint density at radius 1 is 1.04 bits per heavy atom. The predicted molar refractivity (Wildman–Crippen MR) is 90.2 cm³/mol. The normalized spacial score (nSPS) is 11.6. The third-order valence-corrected chi connectivity index (χ3v) is 3.53. The molecular formula is C16H14Cl2N2O3. The summed E-state index contributed by atoms with van der Waals surface area (Å²) < 4.78 is 0. The summed E-state index contributed by atoms with van der Waals surface area (Å²) in [6, 6.07) is 11.7. The molecule has 2 aromatic rings. The number of carboxylic acid groups (broad SMARTS) is 1. The van der Waals surface area contributed by atoms with E-state index < -0.39 is 18.0 Å². The zero-order chi connectivity index (χ0) is 16.8. The lowest BCUT2D eigenvalue weighted by molar-refractivity contribution is -0.139. The Morgan fingerprint density at radius 2 is 1.74 bits per heavy atom. The van der Waals surface area contributed by atoms with E-state index in [1.54, 1.807) is 48.5 Å². The Hall–Kier alpha value is -2.24. The standard InChI is InChI=1S/C16H14Cl2N2O3/c17-11-6-4-10(5-7-11)8-14(15(21)22)20-16(23)19-13-3-1-2-12(18)9-13/h1-7,9,14H,8H2,(H,21,22)(H2,19,20,23). The van der Waals surface area contributed by atoms with Crippen LogP contribution in [0.1, 0.15) is 5.56 Å². The molecule has 0 bridgehead atoms. The fourth-order valence-corrected chi connectivity index (χ4v) is 2.26. The van der Waals surface area contributed by atoms with Gasteiger partial charge in [-0.2, -0.15) is 0 Å². The number of amides is 2. The monoisotopic (exact) mass is 352 g/mol. The summed E-state index contributed by atoms with van der Waals surface area (Å²) >= 11 is 11.6. The molecular weight excluding hydrogens is 339 g/mol. The molecule has 2 rings (SSSR count). The second kappa shape index (κ2) is 7.85. The summed E-state index contributed by atoms with van der Waals surface area (Å²) in [4.78, 5) is 23.3. The van der Waals surface area contributed by atoms with Crippen molar-refractivity contribution in [1.29, 1.82) is 0 Å². The first-order chi connectivity index (χ1) is 10.9. The lowest BCUT2D eigenvalue weighted by atomic mass is 10.1. The number of nitrogens with one attached hydrogen (secondary N) is 2. The summed E-state index contributed by atoms with van der Waals surface area (Å²) in [5.41, 5.74) is 1.23. The highest BCUT2D eigenvalue weighted by atomic mass is 35.5.